The van der Waals surface area contributed by atoms with E-state index in [-0.39, 0.29) is 48.7 Å². The molecule has 1 fully saturated rings. The molecule has 2 aromatic rings. The molecule has 3 rings (SSSR count). The van der Waals surface area contributed by atoms with Gasteiger partial charge in [0.05, 0.1) is 0 Å². The van der Waals surface area contributed by atoms with Crippen LogP contribution in [0.3, 0.4) is 0 Å². The fraction of sp³-hybridized carbons (Fsp3) is 0.519. The molecule has 0 bridgehead atoms. The molecule has 0 saturated heterocycles. The van der Waals surface area contributed by atoms with Crippen LogP contribution < -0.4 is 10.6 Å². The molecule has 9 nitrogen and oxygen atoms in total. The number of nitrogens with zero attached hydrogens (tertiary/aromatic N) is 2. The zero-order chi connectivity index (χ0) is 26.1. The smallest absolute Gasteiger partial charge is 0.326 e. The monoisotopic (exact) mass is 496 g/mol. The van der Waals surface area contributed by atoms with Gasteiger partial charge in [0.15, 0.2) is 5.78 Å². The van der Waals surface area contributed by atoms with Crippen LogP contribution in [0.5, 0.6) is 0 Å². The second-order valence-corrected chi connectivity index (χ2v) is 9.52. The quantitative estimate of drug-likeness (QED) is 0.387. The van der Waals surface area contributed by atoms with Crippen LogP contribution in [-0.4, -0.2) is 44.5 Å². The summed E-state index contributed by atoms with van der Waals surface area (Å²) >= 11 is 0. The maximum Gasteiger partial charge on any atom is 0.326 e. The predicted octanol–water partition coefficient (Wildman–Crippen LogP) is 3.03. The van der Waals surface area contributed by atoms with Crippen LogP contribution in [0, 0.1) is 11.8 Å². The lowest BCUT2D eigenvalue weighted by Gasteiger charge is -2.29. The van der Waals surface area contributed by atoms with Crippen molar-refractivity contribution in [2.24, 2.45) is 18.9 Å². The SMILES string of the molecule is CCC(=O)N[C@H](Cc1ccc(CNC(=O)[C@@H](CC(=O)c2ccnn2C)C2CCCCC2)cc1)C(=O)O. The Morgan fingerprint density at radius 3 is 2.31 bits per heavy atom. The lowest BCUT2D eigenvalue weighted by atomic mass is 9.77. The number of Topliss-reactive ketones (excluding diaryl/α,β-unsaturated/α-hetero) is 1. The van der Waals surface area contributed by atoms with E-state index in [1.54, 1.807) is 43.0 Å². The summed E-state index contributed by atoms with van der Waals surface area (Å²) in [4.78, 5) is 49.2. The van der Waals surface area contributed by atoms with Crippen LogP contribution in [0.2, 0.25) is 0 Å². The van der Waals surface area contributed by atoms with Crippen molar-refractivity contribution < 1.29 is 24.3 Å². The average Bonchev–Trinajstić information content (AvgIpc) is 3.32. The first-order valence-corrected chi connectivity index (χ1v) is 12.7. The number of carboxylic acids is 1. The Balaban J connectivity index is 1.61. The van der Waals surface area contributed by atoms with Crippen molar-refractivity contribution in [2.45, 2.75) is 70.9 Å². The summed E-state index contributed by atoms with van der Waals surface area (Å²) in [5.74, 6) is -1.78. The fourth-order valence-corrected chi connectivity index (χ4v) is 4.81. The highest BCUT2D eigenvalue weighted by atomic mass is 16.4. The molecular weight excluding hydrogens is 460 g/mol. The summed E-state index contributed by atoms with van der Waals surface area (Å²) < 4.78 is 1.54. The van der Waals surface area contributed by atoms with Crippen LogP contribution in [0.1, 0.15) is 73.5 Å². The van der Waals surface area contributed by atoms with Crippen LogP contribution in [0.4, 0.5) is 0 Å². The highest BCUT2D eigenvalue weighted by molar-refractivity contribution is 5.97. The summed E-state index contributed by atoms with van der Waals surface area (Å²) in [5, 5.41) is 19.0. The summed E-state index contributed by atoms with van der Waals surface area (Å²) in [5.41, 5.74) is 2.15. The second-order valence-electron chi connectivity index (χ2n) is 9.52. The number of carbonyl (C=O) groups is 4. The normalized spacial score (nSPS) is 15.6. The van der Waals surface area contributed by atoms with E-state index < -0.39 is 12.0 Å². The van der Waals surface area contributed by atoms with Gasteiger partial charge in [0, 0.05) is 45.0 Å². The van der Waals surface area contributed by atoms with Crippen LogP contribution in [0.25, 0.3) is 0 Å². The van der Waals surface area contributed by atoms with Crippen molar-refractivity contribution >= 4 is 23.6 Å². The molecule has 1 aromatic carbocycles. The molecule has 1 aromatic heterocycles. The van der Waals surface area contributed by atoms with Gasteiger partial charge in [0.1, 0.15) is 11.7 Å². The zero-order valence-electron chi connectivity index (χ0n) is 21.0. The van der Waals surface area contributed by atoms with E-state index in [2.05, 4.69) is 15.7 Å². The number of ketones is 1. The van der Waals surface area contributed by atoms with Crippen molar-refractivity contribution in [3.8, 4) is 0 Å². The minimum absolute atomic E-state index is 0.0757. The third-order valence-corrected chi connectivity index (χ3v) is 6.95. The van der Waals surface area contributed by atoms with E-state index in [1.165, 1.54) is 0 Å². The molecular formula is C27H36N4O5. The van der Waals surface area contributed by atoms with E-state index in [1.807, 2.05) is 12.1 Å². The lowest BCUT2D eigenvalue weighted by Crippen LogP contribution is -2.42. The van der Waals surface area contributed by atoms with Crippen LogP contribution in [-0.2, 0) is 34.4 Å². The Hall–Kier alpha value is -3.49. The van der Waals surface area contributed by atoms with E-state index in [4.69, 9.17) is 0 Å². The minimum Gasteiger partial charge on any atom is -0.480 e. The Morgan fingerprint density at radius 1 is 1.06 bits per heavy atom. The van der Waals surface area contributed by atoms with Gasteiger partial charge >= 0.3 is 5.97 Å². The molecule has 194 valence electrons. The number of hydrogen-bond acceptors (Lipinski definition) is 5. The van der Waals surface area contributed by atoms with E-state index >= 15 is 0 Å². The number of benzene rings is 1. The summed E-state index contributed by atoms with van der Waals surface area (Å²) in [6.07, 6.45) is 7.36. The number of aliphatic carboxylic acids is 1. The Morgan fingerprint density at radius 2 is 1.72 bits per heavy atom. The number of hydrogen-bond donors (Lipinski definition) is 3. The Bertz CT molecular complexity index is 1060. The summed E-state index contributed by atoms with van der Waals surface area (Å²) in [6, 6.07) is 7.98. The molecule has 36 heavy (non-hydrogen) atoms. The average molecular weight is 497 g/mol. The maximum absolute atomic E-state index is 13.2. The van der Waals surface area contributed by atoms with E-state index in [9.17, 15) is 24.3 Å². The number of rotatable bonds is 12. The van der Waals surface area contributed by atoms with Crippen molar-refractivity contribution in [3.05, 3.63) is 53.3 Å². The number of carboxylic acid groups (broad SMARTS) is 1. The molecule has 1 saturated carbocycles. The number of aromatic nitrogens is 2. The Kier molecular flexibility index (Phi) is 9.78. The van der Waals surface area contributed by atoms with Crippen molar-refractivity contribution in [1.29, 1.82) is 0 Å². The van der Waals surface area contributed by atoms with Crippen molar-refractivity contribution in [3.63, 3.8) is 0 Å². The third-order valence-electron chi connectivity index (χ3n) is 6.95. The van der Waals surface area contributed by atoms with E-state index in [0.29, 0.717) is 12.2 Å². The Labute approximate surface area is 211 Å². The first-order valence-electron chi connectivity index (χ1n) is 12.7. The minimum atomic E-state index is -1.08. The molecule has 0 unspecified atom stereocenters. The zero-order valence-corrected chi connectivity index (χ0v) is 21.0. The van der Waals surface area contributed by atoms with Crippen molar-refractivity contribution in [2.75, 3.05) is 0 Å². The molecule has 0 aliphatic heterocycles. The number of aryl methyl sites for hydroxylation is 1. The van der Waals surface area contributed by atoms with Gasteiger partial charge in [0.2, 0.25) is 11.8 Å². The van der Waals surface area contributed by atoms with Gasteiger partial charge in [-0.2, -0.15) is 5.10 Å². The van der Waals surface area contributed by atoms with Gasteiger partial charge in [-0.1, -0.05) is 50.5 Å². The first kappa shape index (κ1) is 27.1. The maximum atomic E-state index is 13.2. The van der Waals surface area contributed by atoms with Crippen molar-refractivity contribution in [1.82, 2.24) is 20.4 Å². The number of carbonyl (C=O) groups excluding carboxylic acids is 3. The molecule has 2 amide bonds. The topological polar surface area (TPSA) is 130 Å². The van der Waals surface area contributed by atoms with Gasteiger partial charge in [-0.15, -0.1) is 0 Å². The molecule has 0 radical (unpaired) electrons. The van der Waals surface area contributed by atoms with Gasteiger partial charge in [0.25, 0.3) is 0 Å². The van der Waals surface area contributed by atoms with Gasteiger partial charge in [-0.25, -0.2) is 4.79 Å². The van der Waals surface area contributed by atoms with Crippen LogP contribution >= 0.6 is 0 Å². The molecule has 1 aliphatic carbocycles. The summed E-state index contributed by atoms with van der Waals surface area (Å²) in [7, 11) is 1.73. The first-order chi connectivity index (χ1) is 17.3. The highest BCUT2D eigenvalue weighted by Crippen LogP contribution is 2.33. The molecule has 3 N–H and O–H groups in total. The largest absolute Gasteiger partial charge is 0.480 e. The standard InChI is InChI=1S/C27H36N4O5/c1-3-25(33)30-22(27(35)36)15-18-9-11-19(12-10-18)17-28-26(34)21(20-7-5-4-6-8-20)16-24(32)23-13-14-29-31(23)2/h9-14,20-22H,3-8,15-17H2,1-2H3,(H,28,34)(H,30,33)(H,35,36)/t21-,22+/m0/s1. The fourth-order valence-electron chi connectivity index (χ4n) is 4.81. The number of amides is 2. The van der Waals surface area contributed by atoms with Gasteiger partial charge in [-0.05, 0) is 36.0 Å². The van der Waals surface area contributed by atoms with Crippen LogP contribution in [0.15, 0.2) is 36.5 Å². The summed E-state index contributed by atoms with van der Waals surface area (Å²) in [6.45, 7) is 1.99. The molecule has 1 heterocycles. The van der Waals surface area contributed by atoms with E-state index in [0.717, 1.165) is 43.2 Å². The molecule has 2 atom stereocenters. The predicted molar refractivity (Wildman–Crippen MR) is 134 cm³/mol. The molecule has 1 aliphatic rings. The number of nitrogens with one attached hydrogen (secondary N) is 2. The van der Waals surface area contributed by atoms with Gasteiger partial charge in [-0.3, -0.25) is 19.1 Å². The molecule has 9 heteroatoms. The highest BCUT2D eigenvalue weighted by Gasteiger charge is 2.32. The second kappa shape index (κ2) is 13.0. The third kappa shape index (κ3) is 7.50. The molecule has 0 spiro atoms. The lowest BCUT2D eigenvalue weighted by molar-refractivity contribution is -0.141. The van der Waals surface area contributed by atoms with Gasteiger partial charge < -0.3 is 15.7 Å².